The Hall–Kier alpha value is -0.950. The number of rotatable bonds is 6. The molecule has 0 spiro atoms. The van der Waals surface area contributed by atoms with Crippen molar-refractivity contribution in [2.45, 2.75) is 37.2 Å². The van der Waals surface area contributed by atoms with E-state index < -0.39 is 10.0 Å². The van der Waals surface area contributed by atoms with Crippen LogP contribution >= 0.6 is 0 Å². The Balaban J connectivity index is 2.79. The molecule has 0 aliphatic carbocycles. The van der Waals surface area contributed by atoms with Gasteiger partial charge in [-0.1, -0.05) is 19.1 Å². The smallest absolute Gasteiger partial charge is 0.238 e. The van der Waals surface area contributed by atoms with Gasteiger partial charge in [0.2, 0.25) is 10.0 Å². The van der Waals surface area contributed by atoms with Crippen molar-refractivity contribution >= 4 is 10.0 Å². The van der Waals surface area contributed by atoms with Gasteiger partial charge in [-0.15, -0.1) is 0 Å². The quantitative estimate of drug-likeness (QED) is 0.712. The van der Waals surface area contributed by atoms with E-state index in [1.54, 1.807) is 12.1 Å². The maximum absolute atomic E-state index is 11.1. The lowest BCUT2D eigenvalue weighted by atomic mass is 10.1. The summed E-state index contributed by atoms with van der Waals surface area (Å²) < 4.78 is 22.2. The Morgan fingerprint density at radius 3 is 2.28 bits per heavy atom. The number of primary sulfonamides is 1. The van der Waals surface area contributed by atoms with Gasteiger partial charge < -0.3 is 10.4 Å². The van der Waals surface area contributed by atoms with Crippen LogP contribution in [0.2, 0.25) is 0 Å². The molecule has 0 amide bonds. The van der Waals surface area contributed by atoms with Gasteiger partial charge in [0.15, 0.2) is 0 Å². The van der Waals surface area contributed by atoms with Gasteiger partial charge in [-0.25, -0.2) is 13.6 Å². The number of nitrogens with two attached hydrogens (primary N) is 1. The SMILES string of the molecule is CCC(CO)NC(C)c1ccc(S(N)(=O)=O)cc1. The highest BCUT2D eigenvalue weighted by atomic mass is 32.2. The fraction of sp³-hybridized carbons (Fsp3) is 0.500. The molecule has 0 heterocycles. The minimum atomic E-state index is -3.64. The third-order valence-corrected chi connectivity index (χ3v) is 3.84. The van der Waals surface area contributed by atoms with Crippen molar-refractivity contribution in [2.75, 3.05) is 6.61 Å². The van der Waals surface area contributed by atoms with Crippen LogP contribution in [0.4, 0.5) is 0 Å². The summed E-state index contributed by atoms with van der Waals surface area (Å²) >= 11 is 0. The zero-order valence-electron chi connectivity index (χ0n) is 10.6. The largest absolute Gasteiger partial charge is 0.395 e. The van der Waals surface area contributed by atoms with E-state index in [0.29, 0.717) is 0 Å². The van der Waals surface area contributed by atoms with Crippen LogP contribution in [0.3, 0.4) is 0 Å². The van der Waals surface area contributed by atoms with Gasteiger partial charge in [-0.05, 0) is 31.0 Å². The highest BCUT2D eigenvalue weighted by Crippen LogP contribution is 2.16. The summed E-state index contributed by atoms with van der Waals surface area (Å²) in [5.41, 5.74) is 0.953. The van der Waals surface area contributed by atoms with Gasteiger partial charge in [-0.3, -0.25) is 0 Å². The second-order valence-corrected chi connectivity index (χ2v) is 5.85. The van der Waals surface area contributed by atoms with Gasteiger partial charge in [0, 0.05) is 12.1 Å². The highest BCUT2D eigenvalue weighted by molar-refractivity contribution is 7.89. The Morgan fingerprint density at radius 2 is 1.89 bits per heavy atom. The van der Waals surface area contributed by atoms with Crippen LogP contribution in [0.1, 0.15) is 31.9 Å². The molecule has 5 nitrogen and oxygen atoms in total. The molecule has 2 unspecified atom stereocenters. The van der Waals surface area contributed by atoms with Crippen LogP contribution in [0.15, 0.2) is 29.2 Å². The summed E-state index contributed by atoms with van der Waals surface area (Å²) in [4.78, 5) is 0.104. The first-order chi connectivity index (χ1) is 8.38. The normalized spacial score (nSPS) is 15.3. The second kappa shape index (κ2) is 6.29. The van der Waals surface area contributed by atoms with Gasteiger partial charge in [0.1, 0.15) is 0 Å². The molecule has 0 saturated heterocycles. The molecule has 1 aromatic carbocycles. The van der Waals surface area contributed by atoms with Gasteiger partial charge in [0.05, 0.1) is 11.5 Å². The molecule has 0 aromatic heterocycles. The van der Waals surface area contributed by atoms with Crippen LogP contribution in [-0.2, 0) is 10.0 Å². The molecule has 0 aliphatic rings. The Bertz CT molecular complexity index is 467. The number of hydrogen-bond donors (Lipinski definition) is 3. The molecular weight excluding hydrogens is 252 g/mol. The maximum Gasteiger partial charge on any atom is 0.238 e. The first kappa shape index (κ1) is 15.1. The van der Waals surface area contributed by atoms with Crippen LogP contribution in [0, 0.1) is 0 Å². The van der Waals surface area contributed by atoms with Crippen LogP contribution in [-0.4, -0.2) is 26.2 Å². The van der Waals surface area contributed by atoms with E-state index in [4.69, 9.17) is 10.2 Å². The molecule has 4 N–H and O–H groups in total. The third kappa shape index (κ3) is 4.06. The third-order valence-electron chi connectivity index (χ3n) is 2.91. The molecule has 18 heavy (non-hydrogen) atoms. The number of sulfonamides is 1. The minimum Gasteiger partial charge on any atom is -0.395 e. The summed E-state index contributed by atoms with van der Waals surface area (Å²) in [5.74, 6) is 0. The van der Waals surface area contributed by atoms with Crippen molar-refractivity contribution in [1.82, 2.24) is 5.32 Å². The lowest BCUT2D eigenvalue weighted by Crippen LogP contribution is -2.33. The fourth-order valence-corrected chi connectivity index (χ4v) is 2.21. The Morgan fingerprint density at radius 1 is 1.33 bits per heavy atom. The highest BCUT2D eigenvalue weighted by Gasteiger charge is 2.12. The maximum atomic E-state index is 11.1. The number of hydrogen-bond acceptors (Lipinski definition) is 4. The topological polar surface area (TPSA) is 92.4 Å². The predicted octanol–water partition coefficient (Wildman–Crippen LogP) is 0.756. The molecule has 0 saturated carbocycles. The molecule has 0 aliphatic heterocycles. The number of aliphatic hydroxyl groups is 1. The molecular formula is C12H20N2O3S. The molecule has 1 aromatic rings. The van der Waals surface area contributed by atoms with Gasteiger partial charge in [-0.2, -0.15) is 0 Å². The van der Waals surface area contributed by atoms with Crippen LogP contribution in [0.25, 0.3) is 0 Å². The van der Waals surface area contributed by atoms with E-state index in [2.05, 4.69) is 5.32 Å². The van der Waals surface area contributed by atoms with Crippen molar-refractivity contribution in [2.24, 2.45) is 5.14 Å². The lowest BCUT2D eigenvalue weighted by Gasteiger charge is -2.20. The molecule has 102 valence electrons. The molecule has 2 atom stereocenters. The average Bonchev–Trinajstić information content (AvgIpc) is 2.34. The summed E-state index contributed by atoms with van der Waals surface area (Å²) in [6.45, 7) is 4.03. The van der Waals surface area contributed by atoms with E-state index in [1.165, 1.54) is 12.1 Å². The van der Waals surface area contributed by atoms with E-state index in [0.717, 1.165) is 12.0 Å². The van der Waals surface area contributed by atoms with E-state index in [-0.39, 0.29) is 23.6 Å². The minimum absolute atomic E-state index is 0.0385. The Kier molecular flexibility index (Phi) is 5.28. The summed E-state index contributed by atoms with van der Waals surface area (Å²) in [5, 5.41) is 17.4. The number of nitrogens with one attached hydrogen (secondary N) is 1. The van der Waals surface area contributed by atoms with Crippen molar-refractivity contribution in [1.29, 1.82) is 0 Å². The first-order valence-corrected chi connectivity index (χ1v) is 7.42. The van der Waals surface area contributed by atoms with E-state index in [1.807, 2.05) is 13.8 Å². The van der Waals surface area contributed by atoms with Gasteiger partial charge in [0.25, 0.3) is 0 Å². The van der Waals surface area contributed by atoms with E-state index in [9.17, 15) is 8.42 Å². The van der Waals surface area contributed by atoms with E-state index >= 15 is 0 Å². The number of aliphatic hydroxyl groups excluding tert-OH is 1. The first-order valence-electron chi connectivity index (χ1n) is 5.88. The summed E-state index contributed by atoms with van der Waals surface area (Å²) in [6.07, 6.45) is 0.829. The molecule has 6 heteroatoms. The standard InChI is InChI=1S/C12H20N2O3S/c1-3-11(8-15)14-9(2)10-4-6-12(7-5-10)18(13,16)17/h4-7,9,11,14-15H,3,8H2,1-2H3,(H2,13,16,17). The monoisotopic (exact) mass is 272 g/mol. The van der Waals surface area contributed by atoms with Gasteiger partial charge >= 0.3 is 0 Å². The van der Waals surface area contributed by atoms with Crippen LogP contribution in [0.5, 0.6) is 0 Å². The number of benzene rings is 1. The average molecular weight is 272 g/mol. The summed E-state index contributed by atoms with van der Waals surface area (Å²) in [6, 6.07) is 6.50. The van der Waals surface area contributed by atoms with Crippen molar-refractivity contribution in [3.8, 4) is 0 Å². The molecule has 0 fully saturated rings. The second-order valence-electron chi connectivity index (χ2n) is 4.29. The Labute approximate surface area is 108 Å². The predicted molar refractivity (Wildman–Crippen MR) is 70.5 cm³/mol. The van der Waals surface area contributed by atoms with Crippen molar-refractivity contribution < 1.29 is 13.5 Å². The fourth-order valence-electron chi connectivity index (χ4n) is 1.70. The lowest BCUT2D eigenvalue weighted by molar-refractivity contribution is 0.230. The molecule has 0 radical (unpaired) electrons. The van der Waals surface area contributed by atoms with Crippen molar-refractivity contribution in [3.05, 3.63) is 29.8 Å². The summed E-state index contributed by atoms with van der Waals surface area (Å²) in [7, 11) is -3.64. The zero-order valence-corrected chi connectivity index (χ0v) is 11.4. The molecule has 0 bridgehead atoms. The van der Waals surface area contributed by atoms with Crippen LogP contribution < -0.4 is 10.5 Å². The molecule has 1 rings (SSSR count). The van der Waals surface area contributed by atoms with Crippen molar-refractivity contribution in [3.63, 3.8) is 0 Å². The zero-order chi connectivity index (χ0) is 13.8.